The van der Waals surface area contributed by atoms with Gasteiger partial charge in [0.15, 0.2) is 5.17 Å². The molecule has 4 rings (SSSR count). The van der Waals surface area contributed by atoms with Crippen molar-refractivity contribution >= 4 is 56.5 Å². The second-order valence-corrected chi connectivity index (χ2v) is 9.37. The minimum absolute atomic E-state index is 0.185. The van der Waals surface area contributed by atoms with Crippen LogP contribution in [0.15, 0.2) is 81.1 Å². The van der Waals surface area contributed by atoms with Crippen molar-refractivity contribution in [3.05, 3.63) is 98.4 Å². The normalized spacial score (nSPS) is 15.5. The Morgan fingerprint density at radius 1 is 1.09 bits per heavy atom. The summed E-state index contributed by atoms with van der Waals surface area (Å²) in [6.07, 6.45) is 2.77. The molecule has 1 saturated heterocycles. The molecule has 2 N–H and O–H groups in total. The molecular formula is C26H21BrN2O4S. The zero-order chi connectivity index (χ0) is 24.1. The van der Waals surface area contributed by atoms with Gasteiger partial charge in [0.25, 0.3) is 5.91 Å². The molecule has 172 valence electrons. The van der Waals surface area contributed by atoms with Gasteiger partial charge in [-0.2, -0.15) is 0 Å². The van der Waals surface area contributed by atoms with Crippen LogP contribution in [-0.4, -0.2) is 22.2 Å². The third-order valence-electron chi connectivity index (χ3n) is 5.08. The highest BCUT2D eigenvalue weighted by molar-refractivity contribution is 9.10. The smallest absolute Gasteiger partial charge is 0.335 e. The average molecular weight is 537 g/mol. The van der Waals surface area contributed by atoms with Crippen LogP contribution in [0.2, 0.25) is 0 Å². The minimum atomic E-state index is -0.960. The standard InChI is InChI=1S/C26H21BrN2O4S/c1-2-16-5-10-20(11-6-16)28-26-29-24(30)23(34-26)14-18-7-12-22(21(27)13-18)33-15-17-3-8-19(9-4-17)25(31)32/h3-14H,2,15H2,1H3,(H,31,32)(H,28,29,30)/b23-14-. The number of carboxylic acid groups (broad SMARTS) is 1. The zero-order valence-corrected chi connectivity index (χ0v) is 20.7. The molecule has 0 aromatic heterocycles. The SMILES string of the molecule is CCc1ccc(N=C2NC(=O)/C(=C/c3ccc(OCc4ccc(C(=O)O)cc4)c(Br)c3)S2)cc1. The molecule has 1 heterocycles. The first-order valence-corrected chi connectivity index (χ1v) is 12.2. The molecule has 6 nitrogen and oxygen atoms in total. The summed E-state index contributed by atoms with van der Waals surface area (Å²) in [4.78, 5) is 28.4. The number of nitrogens with zero attached hydrogens (tertiary/aromatic N) is 1. The number of carboxylic acids is 1. The Morgan fingerprint density at radius 3 is 2.44 bits per heavy atom. The second-order valence-electron chi connectivity index (χ2n) is 7.48. The lowest BCUT2D eigenvalue weighted by Gasteiger charge is -2.09. The van der Waals surface area contributed by atoms with Crippen LogP contribution in [0.4, 0.5) is 5.69 Å². The lowest BCUT2D eigenvalue weighted by Crippen LogP contribution is -2.19. The highest BCUT2D eigenvalue weighted by atomic mass is 79.9. The first-order chi connectivity index (χ1) is 16.4. The number of nitrogens with one attached hydrogen (secondary N) is 1. The van der Waals surface area contributed by atoms with Gasteiger partial charge in [-0.3, -0.25) is 4.79 Å². The van der Waals surface area contributed by atoms with E-state index in [4.69, 9.17) is 9.84 Å². The number of amidine groups is 1. The van der Waals surface area contributed by atoms with Crippen LogP contribution >= 0.6 is 27.7 Å². The number of aliphatic imine (C=N–C) groups is 1. The Labute approximate surface area is 209 Å². The monoisotopic (exact) mass is 536 g/mol. The molecule has 0 radical (unpaired) electrons. The number of amides is 1. The molecule has 34 heavy (non-hydrogen) atoms. The predicted molar refractivity (Wildman–Crippen MR) is 139 cm³/mol. The third kappa shape index (κ3) is 5.95. The first-order valence-electron chi connectivity index (χ1n) is 10.5. The van der Waals surface area contributed by atoms with Crippen molar-refractivity contribution in [3.63, 3.8) is 0 Å². The lowest BCUT2D eigenvalue weighted by molar-refractivity contribution is -0.115. The van der Waals surface area contributed by atoms with Gasteiger partial charge in [-0.05, 0) is 93.3 Å². The fraction of sp³-hybridized carbons (Fsp3) is 0.115. The van der Waals surface area contributed by atoms with E-state index in [1.807, 2.05) is 48.5 Å². The topological polar surface area (TPSA) is 88.0 Å². The Hall–Kier alpha value is -3.36. The molecule has 0 unspecified atom stereocenters. The van der Waals surface area contributed by atoms with Crippen LogP contribution in [-0.2, 0) is 17.8 Å². The van der Waals surface area contributed by atoms with Crippen molar-refractivity contribution < 1.29 is 19.4 Å². The molecule has 0 aliphatic carbocycles. The van der Waals surface area contributed by atoms with Gasteiger partial charge in [0.05, 0.1) is 20.6 Å². The van der Waals surface area contributed by atoms with E-state index in [0.717, 1.165) is 27.7 Å². The number of carbonyl (C=O) groups is 2. The van der Waals surface area contributed by atoms with E-state index in [1.54, 1.807) is 24.3 Å². The van der Waals surface area contributed by atoms with E-state index in [1.165, 1.54) is 17.3 Å². The fourth-order valence-corrected chi connectivity index (χ4v) is 4.54. The molecule has 1 aliphatic heterocycles. The highest BCUT2D eigenvalue weighted by Crippen LogP contribution is 2.31. The van der Waals surface area contributed by atoms with Crippen molar-refractivity contribution in [3.8, 4) is 5.75 Å². The summed E-state index contributed by atoms with van der Waals surface area (Å²) in [5.41, 5.74) is 3.97. The number of hydrogen-bond donors (Lipinski definition) is 2. The predicted octanol–water partition coefficient (Wildman–Crippen LogP) is 6.18. The Kier molecular flexibility index (Phi) is 7.49. The zero-order valence-electron chi connectivity index (χ0n) is 18.2. The van der Waals surface area contributed by atoms with Crippen molar-refractivity contribution in [2.75, 3.05) is 0 Å². The van der Waals surface area contributed by atoms with Crippen molar-refractivity contribution in [1.29, 1.82) is 0 Å². The van der Waals surface area contributed by atoms with Gasteiger partial charge in [-0.15, -0.1) is 0 Å². The van der Waals surface area contributed by atoms with E-state index in [9.17, 15) is 9.59 Å². The number of aryl methyl sites for hydroxylation is 1. The lowest BCUT2D eigenvalue weighted by atomic mass is 10.1. The maximum Gasteiger partial charge on any atom is 0.335 e. The van der Waals surface area contributed by atoms with Crippen LogP contribution in [0.1, 0.15) is 34.0 Å². The first kappa shape index (κ1) is 23.8. The van der Waals surface area contributed by atoms with E-state index < -0.39 is 5.97 Å². The summed E-state index contributed by atoms with van der Waals surface area (Å²) in [6.45, 7) is 2.40. The summed E-state index contributed by atoms with van der Waals surface area (Å²) >= 11 is 4.82. The molecule has 3 aromatic carbocycles. The molecule has 8 heteroatoms. The molecule has 1 amide bonds. The molecule has 0 saturated carbocycles. The number of ether oxygens (including phenoxy) is 1. The van der Waals surface area contributed by atoms with Gasteiger partial charge < -0.3 is 15.2 Å². The van der Waals surface area contributed by atoms with Crippen LogP contribution in [0.25, 0.3) is 6.08 Å². The minimum Gasteiger partial charge on any atom is -0.488 e. The Balaban J connectivity index is 1.41. The van der Waals surface area contributed by atoms with Gasteiger partial charge in [0.1, 0.15) is 12.4 Å². The second kappa shape index (κ2) is 10.7. The molecule has 0 bridgehead atoms. The number of halogens is 1. The van der Waals surface area contributed by atoms with Gasteiger partial charge >= 0.3 is 5.97 Å². The fourth-order valence-electron chi connectivity index (χ4n) is 3.18. The van der Waals surface area contributed by atoms with E-state index >= 15 is 0 Å². The molecule has 1 fully saturated rings. The maximum atomic E-state index is 12.4. The number of carbonyl (C=O) groups excluding carboxylic acids is 1. The molecular weight excluding hydrogens is 516 g/mol. The van der Waals surface area contributed by atoms with E-state index in [2.05, 4.69) is 33.2 Å². The quantitative estimate of drug-likeness (QED) is 0.352. The Bertz CT molecular complexity index is 1290. The molecule has 3 aromatic rings. The van der Waals surface area contributed by atoms with Gasteiger partial charge in [-0.1, -0.05) is 37.3 Å². The summed E-state index contributed by atoms with van der Waals surface area (Å²) in [6, 6.07) is 20.1. The molecule has 1 aliphatic rings. The van der Waals surface area contributed by atoms with Crippen LogP contribution in [0, 0.1) is 0 Å². The number of thioether (sulfide) groups is 1. The maximum absolute atomic E-state index is 12.4. The van der Waals surface area contributed by atoms with Gasteiger partial charge in [-0.25, -0.2) is 9.79 Å². The summed E-state index contributed by atoms with van der Waals surface area (Å²) in [5.74, 6) is -0.501. The highest BCUT2D eigenvalue weighted by Gasteiger charge is 2.23. The number of hydrogen-bond acceptors (Lipinski definition) is 5. The largest absolute Gasteiger partial charge is 0.488 e. The number of rotatable bonds is 7. The van der Waals surface area contributed by atoms with Crippen LogP contribution < -0.4 is 10.1 Å². The summed E-state index contributed by atoms with van der Waals surface area (Å²) in [5, 5.41) is 12.3. The van der Waals surface area contributed by atoms with E-state index in [-0.39, 0.29) is 11.5 Å². The average Bonchev–Trinajstić information content (AvgIpc) is 3.17. The van der Waals surface area contributed by atoms with Crippen molar-refractivity contribution in [1.82, 2.24) is 5.32 Å². The van der Waals surface area contributed by atoms with Crippen molar-refractivity contribution in [2.24, 2.45) is 4.99 Å². The van der Waals surface area contributed by atoms with Gasteiger partial charge in [0.2, 0.25) is 0 Å². The van der Waals surface area contributed by atoms with Gasteiger partial charge in [0, 0.05) is 0 Å². The third-order valence-corrected chi connectivity index (χ3v) is 6.60. The number of aromatic carboxylic acids is 1. The molecule has 0 spiro atoms. The van der Waals surface area contributed by atoms with Crippen molar-refractivity contribution in [2.45, 2.75) is 20.0 Å². The van der Waals surface area contributed by atoms with E-state index in [0.29, 0.717) is 22.4 Å². The van der Waals surface area contributed by atoms with Crippen LogP contribution in [0.3, 0.4) is 0 Å². The summed E-state index contributed by atoms with van der Waals surface area (Å²) < 4.78 is 6.60. The summed E-state index contributed by atoms with van der Waals surface area (Å²) in [7, 11) is 0. The van der Waals surface area contributed by atoms with Crippen LogP contribution in [0.5, 0.6) is 5.75 Å². The number of benzene rings is 3. The molecule has 0 atom stereocenters. The Morgan fingerprint density at radius 2 is 1.79 bits per heavy atom.